The van der Waals surface area contributed by atoms with Crippen molar-refractivity contribution in [2.45, 2.75) is 9.79 Å². The fourth-order valence-corrected chi connectivity index (χ4v) is 4.00. The summed E-state index contributed by atoms with van der Waals surface area (Å²) in [5.74, 6) is 6.38. The van der Waals surface area contributed by atoms with Gasteiger partial charge in [-0.25, -0.2) is 0 Å². The van der Waals surface area contributed by atoms with Crippen LogP contribution in [0.2, 0.25) is 0 Å². The van der Waals surface area contributed by atoms with Gasteiger partial charge in [0.15, 0.2) is 0 Å². The number of nitrogens with zero attached hydrogens (tertiary/aromatic N) is 1. The molecule has 1 aliphatic heterocycles. The highest BCUT2D eigenvalue weighted by molar-refractivity contribution is 7.99. The van der Waals surface area contributed by atoms with Gasteiger partial charge in [0.2, 0.25) is 0 Å². The smallest absolute Gasteiger partial charge is 0.150 e. The van der Waals surface area contributed by atoms with E-state index in [9.17, 15) is 4.79 Å². The summed E-state index contributed by atoms with van der Waals surface area (Å²) in [4.78, 5) is 15.4. The number of carbonyl (C=O) groups is 1. The lowest BCUT2D eigenvalue weighted by atomic mass is 10.1. The number of hydrogen-bond donors (Lipinski definition) is 0. The van der Waals surface area contributed by atoms with Crippen LogP contribution in [0.4, 0.5) is 11.4 Å². The van der Waals surface area contributed by atoms with Crippen LogP contribution >= 0.6 is 11.8 Å². The molecule has 4 rings (SSSR count). The minimum atomic E-state index is 0.664. The van der Waals surface area contributed by atoms with E-state index in [-0.39, 0.29) is 0 Å². The van der Waals surface area contributed by atoms with Gasteiger partial charge in [-0.3, -0.25) is 4.79 Å². The molecule has 0 fully saturated rings. The SMILES string of the molecule is CN1c2ccccc2Sc2cc(C#Cc3ccc(C=O)cc3)ccc21. The van der Waals surface area contributed by atoms with Crippen LogP contribution in [0.5, 0.6) is 0 Å². The van der Waals surface area contributed by atoms with Crippen LogP contribution in [0.15, 0.2) is 76.5 Å². The van der Waals surface area contributed by atoms with Gasteiger partial charge in [0, 0.05) is 33.5 Å². The maximum atomic E-state index is 10.7. The third kappa shape index (κ3) is 3.05. The molecule has 3 aromatic carbocycles. The highest BCUT2D eigenvalue weighted by atomic mass is 32.2. The third-order valence-electron chi connectivity index (χ3n) is 4.17. The zero-order valence-electron chi connectivity index (χ0n) is 13.7. The molecule has 0 saturated heterocycles. The first-order chi connectivity index (χ1) is 12.2. The predicted octanol–water partition coefficient (Wildman–Crippen LogP) is 5.13. The zero-order valence-corrected chi connectivity index (χ0v) is 14.5. The van der Waals surface area contributed by atoms with Crippen LogP contribution in [-0.2, 0) is 0 Å². The molecule has 2 nitrogen and oxygen atoms in total. The minimum Gasteiger partial charge on any atom is -0.343 e. The molecule has 0 aliphatic carbocycles. The van der Waals surface area contributed by atoms with E-state index in [0.29, 0.717) is 5.56 Å². The molecule has 1 heterocycles. The second-order valence-electron chi connectivity index (χ2n) is 5.80. The Hall–Kier alpha value is -2.96. The molecule has 0 aromatic heterocycles. The predicted molar refractivity (Wildman–Crippen MR) is 103 cm³/mol. The summed E-state index contributed by atoms with van der Waals surface area (Å²) >= 11 is 1.78. The van der Waals surface area contributed by atoms with E-state index in [2.05, 4.69) is 66.3 Å². The lowest BCUT2D eigenvalue weighted by Gasteiger charge is -2.29. The molecule has 0 spiro atoms. The Balaban J connectivity index is 1.64. The largest absolute Gasteiger partial charge is 0.343 e. The molecule has 3 aromatic rings. The van der Waals surface area contributed by atoms with Gasteiger partial charge in [0.05, 0.1) is 11.4 Å². The Morgan fingerprint density at radius 3 is 2.32 bits per heavy atom. The summed E-state index contributed by atoms with van der Waals surface area (Å²) in [6.45, 7) is 0. The molecule has 0 bridgehead atoms. The first-order valence-corrected chi connectivity index (χ1v) is 8.78. The molecule has 0 radical (unpaired) electrons. The second-order valence-corrected chi connectivity index (χ2v) is 6.88. The van der Waals surface area contributed by atoms with Gasteiger partial charge < -0.3 is 4.90 Å². The number of carbonyl (C=O) groups excluding carboxylic acids is 1. The number of hydrogen-bond acceptors (Lipinski definition) is 3. The molecule has 0 amide bonds. The fourth-order valence-electron chi connectivity index (χ4n) is 2.81. The Morgan fingerprint density at radius 2 is 1.52 bits per heavy atom. The average molecular weight is 341 g/mol. The van der Waals surface area contributed by atoms with E-state index in [4.69, 9.17) is 0 Å². The summed E-state index contributed by atoms with van der Waals surface area (Å²) in [6, 6.07) is 22.0. The average Bonchev–Trinajstić information content (AvgIpc) is 2.67. The summed E-state index contributed by atoms with van der Waals surface area (Å²) in [6.07, 6.45) is 0.840. The van der Waals surface area contributed by atoms with Crippen LogP contribution in [0, 0.1) is 11.8 Å². The summed E-state index contributed by atoms with van der Waals surface area (Å²) in [5.41, 5.74) is 4.98. The molecule has 1 aliphatic rings. The van der Waals surface area contributed by atoms with Crippen molar-refractivity contribution >= 4 is 29.4 Å². The normalized spacial score (nSPS) is 11.8. The van der Waals surface area contributed by atoms with Crippen molar-refractivity contribution in [3.63, 3.8) is 0 Å². The van der Waals surface area contributed by atoms with E-state index in [1.54, 1.807) is 23.9 Å². The van der Waals surface area contributed by atoms with Crippen molar-refractivity contribution in [2.75, 3.05) is 11.9 Å². The summed E-state index contributed by atoms with van der Waals surface area (Å²) in [7, 11) is 2.09. The molecule has 0 unspecified atom stereocenters. The van der Waals surface area contributed by atoms with Gasteiger partial charge >= 0.3 is 0 Å². The summed E-state index contributed by atoms with van der Waals surface area (Å²) < 4.78 is 0. The van der Waals surface area contributed by atoms with Crippen LogP contribution in [-0.4, -0.2) is 13.3 Å². The van der Waals surface area contributed by atoms with Crippen LogP contribution in [0.1, 0.15) is 21.5 Å². The molecule has 25 heavy (non-hydrogen) atoms. The van der Waals surface area contributed by atoms with Crippen LogP contribution in [0.25, 0.3) is 0 Å². The van der Waals surface area contributed by atoms with Crippen LogP contribution in [0.3, 0.4) is 0 Å². The van der Waals surface area contributed by atoms with Crippen molar-refractivity contribution in [3.05, 3.63) is 83.4 Å². The van der Waals surface area contributed by atoms with E-state index < -0.39 is 0 Å². The van der Waals surface area contributed by atoms with Gasteiger partial charge in [-0.15, -0.1) is 0 Å². The molecule has 0 saturated carbocycles. The minimum absolute atomic E-state index is 0.664. The fraction of sp³-hybridized carbons (Fsp3) is 0.0455. The Bertz CT molecular complexity index is 1010. The van der Waals surface area contributed by atoms with Crippen molar-refractivity contribution in [3.8, 4) is 11.8 Å². The third-order valence-corrected chi connectivity index (χ3v) is 5.28. The Kier molecular flexibility index (Phi) is 4.05. The zero-order chi connectivity index (χ0) is 17.2. The van der Waals surface area contributed by atoms with Gasteiger partial charge in [-0.05, 0) is 42.5 Å². The first-order valence-electron chi connectivity index (χ1n) is 7.96. The highest BCUT2D eigenvalue weighted by Crippen LogP contribution is 2.47. The Labute approximate surface area is 151 Å². The molecule has 0 atom stereocenters. The topological polar surface area (TPSA) is 20.3 Å². The van der Waals surface area contributed by atoms with Crippen molar-refractivity contribution in [2.24, 2.45) is 0 Å². The number of rotatable bonds is 1. The number of benzene rings is 3. The number of anilines is 2. The maximum Gasteiger partial charge on any atom is 0.150 e. The quantitative estimate of drug-likeness (QED) is 0.452. The molecular weight excluding hydrogens is 326 g/mol. The maximum absolute atomic E-state index is 10.7. The summed E-state index contributed by atoms with van der Waals surface area (Å²) in [5, 5.41) is 0. The van der Waals surface area contributed by atoms with E-state index in [1.165, 1.54) is 21.2 Å². The van der Waals surface area contributed by atoms with Gasteiger partial charge in [0.25, 0.3) is 0 Å². The van der Waals surface area contributed by atoms with E-state index in [1.807, 2.05) is 12.1 Å². The van der Waals surface area contributed by atoms with E-state index >= 15 is 0 Å². The number of aldehydes is 1. The van der Waals surface area contributed by atoms with Crippen molar-refractivity contribution in [1.82, 2.24) is 0 Å². The second kappa shape index (κ2) is 6.51. The van der Waals surface area contributed by atoms with Gasteiger partial charge in [-0.1, -0.05) is 47.9 Å². The standard InChI is InChI=1S/C22H15NOS/c1-23-19-4-2-3-5-21(19)25-22-14-17(12-13-20(22)23)9-6-16-7-10-18(15-24)11-8-16/h2-5,7-8,10-15H,1H3. The lowest BCUT2D eigenvalue weighted by molar-refractivity contribution is 0.112. The molecule has 0 N–H and O–H groups in total. The number of fused-ring (bicyclic) bond motifs is 2. The molecule has 3 heteroatoms. The van der Waals surface area contributed by atoms with Gasteiger partial charge in [-0.2, -0.15) is 0 Å². The van der Waals surface area contributed by atoms with Crippen molar-refractivity contribution in [1.29, 1.82) is 0 Å². The van der Waals surface area contributed by atoms with E-state index in [0.717, 1.165) is 17.4 Å². The Morgan fingerprint density at radius 1 is 0.840 bits per heavy atom. The van der Waals surface area contributed by atoms with Crippen molar-refractivity contribution < 1.29 is 4.79 Å². The molecule has 120 valence electrons. The van der Waals surface area contributed by atoms with Crippen LogP contribution < -0.4 is 4.90 Å². The monoisotopic (exact) mass is 341 g/mol. The molecular formula is C22H15NOS. The number of para-hydroxylation sites is 1. The highest BCUT2D eigenvalue weighted by Gasteiger charge is 2.20. The lowest BCUT2D eigenvalue weighted by Crippen LogP contribution is -2.14. The van der Waals surface area contributed by atoms with Gasteiger partial charge in [0.1, 0.15) is 6.29 Å². The first kappa shape index (κ1) is 15.6.